The number of rotatable bonds is 5. The van der Waals surface area contributed by atoms with Gasteiger partial charge in [-0.2, -0.15) is 0 Å². The van der Waals surface area contributed by atoms with E-state index in [9.17, 15) is 9.59 Å². The van der Waals surface area contributed by atoms with Crippen LogP contribution >= 0.6 is 0 Å². The zero-order valence-corrected chi connectivity index (χ0v) is 18.1. The molecule has 0 fully saturated rings. The molecule has 0 aliphatic rings. The van der Waals surface area contributed by atoms with Crippen LogP contribution in [0.3, 0.4) is 0 Å². The zero-order valence-electron chi connectivity index (χ0n) is 18.1. The number of carbonyl (C=O) groups is 2. The fourth-order valence-corrected chi connectivity index (χ4v) is 3.36. The number of hydrogen-bond donors (Lipinski definition) is 0. The first-order valence-corrected chi connectivity index (χ1v) is 10.4. The first-order chi connectivity index (χ1) is 14.9. The van der Waals surface area contributed by atoms with E-state index in [4.69, 9.17) is 19.4 Å². The molecule has 0 bridgehead atoms. The van der Waals surface area contributed by atoms with E-state index in [2.05, 4.69) is 0 Å². The maximum atomic E-state index is 13.0. The van der Waals surface area contributed by atoms with Crippen molar-refractivity contribution in [2.75, 3.05) is 13.2 Å². The Balaban J connectivity index is 1.92. The highest BCUT2D eigenvalue weighted by molar-refractivity contribution is 6.12. The molecule has 0 unspecified atom stereocenters. The first-order valence-electron chi connectivity index (χ1n) is 10.4. The number of nitrogens with zero attached hydrogens (tertiary/aromatic N) is 3. The van der Waals surface area contributed by atoms with Gasteiger partial charge in [0.2, 0.25) is 0 Å². The molecule has 7 heteroatoms. The van der Waals surface area contributed by atoms with Crippen molar-refractivity contribution in [2.45, 2.75) is 27.7 Å². The molecular weight excluding hydrogens is 394 g/mol. The van der Waals surface area contributed by atoms with Crippen LogP contribution in [0.15, 0.2) is 42.5 Å². The van der Waals surface area contributed by atoms with Crippen LogP contribution in [0.4, 0.5) is 4.79 Å². The number of benzene rings is 2. The fraction of sp³-hybridized carbons (Fsp3) is 0.333. The summed E-state index contributed by atoms with van der Waals surface area (Å²) in [6.07, 6.45) is -0.520. The third-order valence-corrected chi connectivity index (χ3v) is 4.78. The van der Waals surface area contributed by atoms with Crippen molar-refractivity contribution < 1.29 is 19.1 Å². The highest BCUT2D eigenvalue weighted by atomic mass is 16.5. The summed E-state index contributed by atoms with van der Waals surface area (Å²) < 4.78 is 12.3. The van der Waals surface area contributed by atoms with Gasteiger partial charge in [-0.25, -0.2) is 24.1 Å². The molecule has 0 spiro atoms. The van der Waals surface area contributed by atoms with Gasteiger partial charge in [0, 0.05) is 5.39 Å². The molecule has 4 rings (SSSR count). The number of para-hydroxylation sites is 2. The smallest absolute Gasteiger partial charge is 0.420 e. The van der Waals surface area contributed by atoms with E-state index in [0.29, 0.717) is 46.5 Å². The second-order valence-corrected chi connectivity index (χ2v) is 8.38. The van der Waals surface area contributed by atoms with Crippen LogP contribution < -0.4 is 0 Å². The van der Waals surface area contributed by atoms with Gasteiger partial charge in [0.25, 0.3) is 0 Å². The summed E-state index contributed by atoms with van der Waals surface area (Å²) in [4.78, 5) is 35.1. The third-order valence-electron chi connectivity index (χ3n) is 4.78. The number of hydrogen-bond acceptors (Lipinski definition) is 6. The van der Waals surface area contributed by atoms with Crippen LogP contribution in [0.5, 0.6) is 0 Å². The SMILES string of the molecule is CC(C)COC(=O)c1cccc2nc3c4ccccc4n(C(=O)OCC(C)C)c3nc12. The number of aromatic nitrogens is 3. The summed E-state index contributed by atoms with van der Waals surface area (Å²) in [5.74, 6) is -0.0424. The predicted octanol–water partition coefficient (Wildman–Crippen LogP) is 5.19. The van der Waals surface area contributed by atoms with Crippen molar-refractivity contribution in [2.24, 2.45) is 11.8 Å². The molecule has 7 nitrogen and oxygen atoms in total. The lowest BCUT2D eigenvalue weighted by atomic mass is 10.1. The number of fused-ring (bicyclic) bond motifs is 4. The quantitative estimate of drug-likeness (QED) is 0.414. The fourth-order valence-electron chi connectivity index (χ4n) is 3.36. The van der Waals surface area contributed by atoms with Crippen molar-refractivity contribution in [3.8, 4) is 0 Å². The Hall–Kier alpha value is -3.48. The van der Waals surface area contributed by atoms with Gasteiger partial charge in [0.15, 0.2) is 5.65 Å². The maximum Gasteiger partial charge on any atom is 0.420 e. The second kappa shape index (κ2) is 8.34. The summed E-state index contributed by atoms with van der Waals surface area (Å²) in [5, 5.41) is 0.793. The summed E-state index contributed by atoms with van der Waals surface area (Å²) in [6.45, 7) is 8.50. The van der Waals surface area contributed by atoms with Crippen LogP contribution in [0.25, 0.3) is 33.1 Å². The summed E-state index contributed by atoms with van der Waals surface area (Å²) in [6, 6.07) is 12.7. The molecule has 2 aromatic carbocycles. The maximum absolute atomic E-state index is 13.0. The minimum atomic E-state index is -0.520. The lowest BCUT2D eigenvalue weighted by Crippen LogP contribution is -2.17. The van der Waals surface area contributed by atoms with Gasteiger partial charge in [-0.3, -0.25) is 0 Å². The molecule has 0 N–H and O–H groups in total. The van der Waals surface area contributed by atoms with Crippen molar-refractivity contribution >= 4 is 45.2 Å². The van der Waals surface area contributed by atoms with Crippen LogP contribution in [0, 0.1) is 11.8 Å². The molecule has 4 aromatic rings. The standard InChI is InChI=1S/C24H25N3O4/c1-14(2)12-30-23(28)17-9-7-10-18-20(17)26-22-21(25-18)16-8-5-6-11-19(16)27(22)24(29)31-13-15(3)4/h5-11,14-15H,12-13H2,1-4H3. The highest BCUT2D eigenvalue weighted by Gasteiger charge is 2.22. The van der Waals surface area contributed by atoms with E-state index < -0.39 is 12.1 Å². The molecule has 0 aliphatic carbocycles. The van der Waals surface area contributed by atoms with Crippen molar-refractivity contribution in [3.05, 3.63) is 48.0 Å². The van der Waals surface area contributed by atoms with E-state index in [0.717, 1.165) is 5.39 Å². The zero-order chi connectivity index (χ0) is 22.1. The summed E-state index contributed by atoms with van der Waals surface area (Å²) >= 11 is 0. The van der Waals surface area contributed by atoms with Gasteiger partial charge in [-0.05, 0) is 30.0 Å². The lowest BCUT2D eigenvalue weighted by Gasteiger charge is -2.10. The number of ether oxygens (including phenoxy) is 2. The molecule has 0 atom stereocenters. The van der Waals surface area contributed by atoms with Gasteiger partial charge in [0.05, 0.1) is 29.8 Å². The summed E-state index contributed by atoms with van der Waals surface area (Å²) in [5.41, 5.74) is 2.86. The van der Waals surface area contributed by atoms with Gasteiger partial charge >= 0.3 is 12.1 Å². The van der Waals surface area contributed by atoms with Crippen molar-refractivity contribution in [3.63, 3.8) is 0 Å². The Morgan fingerprint density at radius 2 is 1.58 bits per heavy atom. The minimum Gasteiger partial charge on any atom is -0.462 e. The second-order valence-electron chi connectivity index (χ2n) is 8.38. The third kappa shape index (κ3) is 3.95. The van der Waals surface area contributed by atoms with E-state index in [1.807, 2.05) is 52.0 Å². The minimum absolute atomic E-state index is 0.200. The molecule has 0 aliphatic heterocycles. The number of carbonyl (C=O) groups excluding carboxylic acids is 2. The lowest BCUT2D eigenvalue weighted by molar-refractivity contribution is 0.0461. The molecule has 2 aromatic heterocycles. The molecule has 160 valence electrons. The topological polar surface area (TPSA) is 83.3 Å². The average Bonchev–Trinajstić information content (AvgIpc) is 3.07. The highest BCUT2D eigenvalue weighted by Crippen LogP contribution is 2.29. The first kappa shape index (κ1) is 20.8. The van der Waals surface area contributed by atoms with Gasteiger partial charge in [-0.15, -0.1) is 0 Å². The Morgan fingerprint density at radius 1 is 0.871 bits per heavy atom. The molecule has 0 radical (unpaired) electrons. The molecule has 2 heterocycles. The summed E-state index contributed by atoms with van der Waals surface area (Å²) in [7, 11) is 0. The van der Waals surface area contributed by atoms with Crippen LogP contribution in [0.1, 0.15) is 38.1 Å². The van der Waals surface area contributed by atoms with E-state index in [1.165, 1.54) is 4.57 Å². The van der Waals surface area contributed by atoms with Gasteiger partial charge < -0.3 is 9.47 Å². The van der Waals surface area contributed by atoms with Crippen LogP contribution in [-0.2, 0) is 9.47 Å². The van der Waals surface area contributed by atoms with Crippen molar-refractivity contribution in [1.82, 2.24) is 14.5 Å². The largest absolute Gasteiger partial charge is 0.462 e. The van der Waals surface area contributed by atoms with E-state index in [-0.39, 0.29) is 11.8 Å². The Labute approximate surface area is 180 Å². The predicted molar refractivity (Wildman–Crippen MR) is 119 cm³/mol. The number of esters is 1. The van der Waals surface area contributed by atoms with E-state index >= 15 is 0 Å². The van der Waals surface area contributed by atoms with Gasteiger partial charge in [0.1, 0.15) is 11.0 Å². The Bertz CT molecular complexity index is 1290. The monoisotopic (exact) mass is 419 g/mol. The van der Waals surface area contributed by atoms with Gasteiger partial charge in [-0.1, -0.05) is 52.0 Å². The Morgan fingerprint density at radius 3 is 2.32 bits per heavy atom. The molecule has 31 heavy (non-hydrogen) atoms. The molecule has 0 saturated heterocycles. The molecular formula is C24H25N3O4. The van der Waals surface area contributed by atoms with Crippen LogP contribution in [0.2, 0.25) is 0 Å². The van der Waals surface area contributed by atoms with Crippen LogP contribution in [-0.4, -0.2) is 39.8 Å². The van der Waals surface area contributed by atoms with Crippen molar-refractivity contribution in [1.29, 1.82) is 0 Å². The average molecular weight is 419 g/mol. The normalized spacial score (nSPS) is 11.7. The van der Waals surface area contributed by atoms with E-state index in [1.54, 1.807) is 18.2 Å². The molecule has 0 saturated carbocycles. The molecule has 0 amide bonds. The Kier molecular flexibility index (Phi) is 5.59.